The van der Waals surface area contributed by atoms with Crippen LogP contribution in [0.4, 0.5) is 13.2 Å². The first-order valence-electron chi connectivity index (χ1n) is 4.69. The van der Waals surface area contributed by atoms with Crippen LogP contribution in [0.2, 0.25) is 0 Å². The molecular formula is C11H12F3NO2. The Morgan fingerprint density at radius 2 is 2.06 bits per heavy atom. The van der Waals surface area contributed by atoms with E-state index in [0.717, 1.165) is 6.07 Å². The molecule has 1 rings (SSSR count). The molecule has 3 nitrogen and oxygen atoms in total. The maximum Gasteiger partial charge on any atom is 0.573 e. The van der Waals surface area contributed by atoms with Crippen molar-refractivity contribution in [1.29, 1.82) is 0 Å². The van der Waals surface area contributed by atoms with Gasteiger partial charge in [0.05, 0.1) is 13.2 Å². The number of methoxy groups -OCH3 is 1. The maximum absolute atomic E-state index is 12.0. The third kappa shape index (κ3) is 3.67. The minimum atomic E-state index is -4.73. The third-order valence-corrected chi connectivity index (χ3v) is 2.05. The van der Waals surface area contributed by atoms with Crippen molar-refractivity contribution in [3.05, 3.63) is 36.4 Å². The first kappa shape index (κ1) is 13.4. The molecule has 0 unspecified atom stereocenters. The number of alkyl halides is 3. The predicted octanol–water partition coefficient (Wildman–Crippen LogP) is 2.78. The molecule has 0 aliphatic heterocycles. The molecule has 94 valence electrons. The van der Waals surface area contributed by atoms with Gasteiger partial charge in [-0.1, -0.05) is 6.08 Å². The van der Waals surface area contributed by atoms with Crippen LogP contribution in [0, 0.1) is 0 Å². The molecule has 0 fully saturated rings. The minimum Gasteiger partial charge on any atom is -0.496 e. The van der Waals surface area contributed by atoms with Crippen LogP contribution in [0.3, 0.4) is 0 Å². The highest BCUT2D eigenvalue weighted by Crippen LogP contribution is 2.31. The Balaban J connectivity index is 3.08. The zero-order chi connectivity index (χ0) is 13.1. The van der Waals surface area contributed by atoms with Gasteiger partial charge in [0.1, 0.15) is 11.5 Å². The normalized spacial score (nSPS) is 13.0. The summed E-state index contributed by atoms with van der Waals surface area (Å²) in [5, 5.41) is 0. The smallest absolute Gasteiger partial charge is 0.496 e. The zero-order valence-corrected chi connectivity index (χ0v) is 9.12. The number of ether oxygens (including phenoxy) is 2. The molecule has 0 aliphatic rings. The second-order valence-electron chi connectivity index (χ2n) is 3.21. The number of rotatable bonds is 4. The van der Waals surface area contributed by atoms with E-state index in [1.807, 2.05) is 0 Å². The zero-order valence-electron chi connectivity index (χ0n) is 9.12. The quantitative estimate of drug-likeness (QED) is 0.832. The molecule has 0 heterocycles. The summed E-state index contributed by atoms with van der Waals surface area (Å²) in [6.07, 6.45) is -3.33. The Hall–Kier alpha value is -1.69. The second-order valence-corrected chi connectivity index (χ2v) is 3.21. The van der Waals surface area contributed by atoms with E-state index in [2.05, 4.69) is 11.3 Å². The summed E-state index contributed by atoms with van der Waals surface area (Å²) in [5.74, 6) is 0.0394. The van der Waals surface area contributed by atoms with Crippen molar-refractivity contribution >= 4 is 0 Å². The van der Waals surface area contributed by atoms with Crippen LogP contribution in [0.1, 0.15) is 11.6 Å². The van der Waals surface area contributed by atoms with Crippen molar-refractivity contribution in [1.82, 2.24) is 0 Å². The fourth-order valence-corrected chi connectivity index (χ4v) is 1.30. The number of nitrogens with two attached hydrogens (primary N) is 1. The van der Waals surface area contributed by atoms with E-state index < -0.39 is 12.4 Å². The number of hydrogen-bond donors (Lipinski definition) is 1. The van der Waals surface area contributed by atoms with Gasteiger partial charge in [-0.25, -0.2) is 0 Å². The predicted molar refractivity (Wildman–Crippen MR) is 56.8 cm³/mol. The van der Waals surface area contributed by atoms with Gasteiger partial charge in [0.15, 0.2) is 0 Å². The van der Waals surface area contributed by atoms with E-state index in [0.29, 0.717) is 11.3 Å². The van der Waals surface area contributed by atoms with Crippen LogP contribution in [0.15, 0.2) is 30.9 Å². The molecule has 0 bridgehead atoms. The summed E-state index contributed by atoms with van der Waals surface area (Å²) >= 11 is 0. The molecule has 1 atom stereocenters. The molecule has 17 heavy (non-hydrogen) atoms. The van der Waals surface area contributed by atoms with Crippen LogP contribution in [0.5, 0.6) is 11.5 Å². The molecule has 0 amide bonds. The lowest BCUT2D eigenvalue weighted by atomic mass is 10.1. The molecule has 1 aromatic carbocycles. The van der Waals surface area contributed by atoms with Gasteiger partial charge in [0.25, 0.3) is 0 Å². The fraction of sp³-hybridized carbons (Fsp3) is 0.273. The molecule has 0 radical (unpaired) electrons. The van der Waals surface area contributed by atoms with Crippen molar-refractivity contribution in [2.75, 3.05) is 7.11 Å². The van der Waals surface area contributed by atoms with Gasteiger partial charge in [-0.05, 0) is 18.2 Å². The number of halogens is 3. The van der Waals surface area contributed by atoms with Crippen molar-refractivity contribution in [2.45, 2.75) is 12.4 Å². The fourth-order valence-electron chi connectivity index (χ4n) is 1.30. The van der Waals surface area contributed by atoms with E-state index in [4.69, 9.17) is 10.5 Å². The first-order valence-corrected chi connectivity index (χ1v) is 4.69. The summed E-state index contributed by atoms with van der Waals surface area (Å²) in [5.41, 5.74) is 6.05. The van der Waals surface area contributed by atoms with Crippen LogP contribution in [-0.4, -0.2) is 13.5 Å². The Morgan fingerprint density at radius 3 is 2.53 bits per heavy atom. The molecule has 0 saturated heterocycles. The summed E-state index contributed by atoms with van der Waals surface area (Å²) < 4.78 is 44.9. The molecule has 6 heteroatoms. The summed E-state index contributed by atoms with van der Waals surface area (Å²) in [6, 6.07) is 3.08. The van der Waals surface area contributed by atoms with E-state index in [1.165, 1.54) is 25.3 Å². The van der Waals surface area contributed by atoms with Gasteiger partial charge in [0.2, 0.25) is 0 Å². The number of hydrogen-bond acceptors (Lipinski definition) is 3. The Labute approximate surface area is 96.6 Å². The van der Waals surface area contributed by atoms with Crippen molar-refractivity contribution in [3.8, 4) is 11.5 Å². The maximum atomic E-state index is 12.0. The molecule has 0 aromatic heterocycles. The molecular weight excluding hydrogens is 235 g/mol. The Bertz CT molecular complexity index is 404. The van der Waals surface area contributed by atoms with Gasteiger partial charge in [-0.15, -0.1) is 19.8 Å². The first-order chi connectivity index (χ1) is 7.87. The molecule has 1 aromatic rings. The summed E-state index contributed by atoms with van der Waals surface area (Å²) in [4.78, 5) is 0. The van der Waals surface area contributed by atoms with E-state index in [1.54, 1.807) is 0 Å². The van der Waals surface area contributed by atoms with E-state index >= 15 is 0 Å². The lowest BCUT2D eigenvalue weighted by Crippen LogP contribution is -2.17. The largest absolute Gasteiger partial charge is 0.573 e. The molecule has 0 spiro atoms. The second kappa shape index (κ2) is 5.09. The lowest BCUT2D eigenvalue weighted by Gasteiger charge is -2.15. The van der Waals surface area contributed by atoms with E-state index in [-0.39, 0.29) is 5.75 Å². The lowest BCUT2D eigenvalue weighted by molar-refractivity contribution is -0.274. The van der Waals surface area contributed by atoms with Crippen LogP contribution in [0.25, 0.3) is 0 Å². The highest BCUT2D eigenvalue weighted by atomic mass is 19.4. The Morgan fingerprint density at radius 1 is 1.41 bits per heavy atom. The SMILES string of the molecule is C=C[C@@H](N)c1cc(OC(F)(F)F)ccc1OC. The summed E-state index contributed by atoms with van der Waals surface area (Å²) in [6.45, 7) is 3.47. The standard InChI is InChI=1S/C11H12F3NO2/c1-3-9(15)8-6-7(17-11(12,13)14)4-5-10(8)16-2/h3-6,9H,1,15H2,2H3/t9-/m1/s1. The highest BCUT2D eigenvalue weighted by Gasteiger charge is 2.31. The van der Waals surface area contributed by atoms with E-state index in [9.17, 15) is 13.2 Å². The van der Waals surface area contributed by atoms with Crippen molar-refractivity contribution < 1.29 is 22.6 Å². The van der Waals surface area contributed by atoms with Crippen LogP contribution < -0.4 is 15.2 Å². The van der Waals surface area contributed by atoms with Gasteiger partial charge < -0.3 is 15.2 Å². The molecule has 0 aliphatic carbocycles. The van der Waals surface area contributed by atoms with Gasteiger partial charge in [-0.3, -0.25) is 0 Å². The van der Waals surface area contributed by atoms with Crippen LogP contribution >= 0.6 is 0 Å². The van der Waals surface area contributed by atoms with Crippen molar-refractivity contribution in [3.63, 3.8) is 0 Å². The average Bonchev–Trinajstić information content (AvgIpc) is 2.25. The van der Waals surface area contributed by atoms with Gasteiger partial charge in [0, 0.05) is 5.56 Å². The minimum absolute atomic E-state index is 0.342. The highest BCUT2D eigenvalue weighted by molar-refractivity contribution is 5.43. The monoisotopic (exact) mass is 247 g/mol. The molecule has 2 N–H and O–H groups in total. The topological polar surface area (TPSA) is 44.5 Å². The number of benzene rings is 1. The average molecular weight is 247 g/mol. The van der Waals surface area contributed by atoms with Gasteiger partial charge >= 0.3 is 6.36 Å². The van der Waals surface area contributed by atoms with Crippen molar-refractivity contribution in [2.24, 2.45) is 5.73 Å². The third-order valence-electron chi connectivity index (χ3n) is 2.05. The van der Waals surface area contributed by atoms with Gasteiger partial charge in [-0.2, -0.15) is 0 Å². The van der Waals surface area contributed by atoms with Crippen LogP contribution in [-0.2, 0) is 0 Å². The summed E-state index contributed by atoms with van der Waals surface area (Å²) in [7, 11) is 1.40. The Kier molecular flexibility index (Phi) is 4.01. The molecule has 0 saturated carbocycles.